The van der Waals surface area contributed by atoms with Gasteiger partial charge in [-0.3, -0.25) is 0 Å². The van der Waals surface area contributed by atoms with Crippen molar-refractivity contribution >= 4 is 21.9 Å². The van der Waals surface area contributed by atoms with E-state index in [1.54, 1.807) is 7.11 Å². The minimum atomic E-state index is 0.848. The number of allylic oxidation sites excluding steroid dienone is 1. The van der Waals surface area contributed by atoms with Gasteiger partial charge in [0.15, 0.2) is 0 Å². The first-order valence-electron chi connectivity index (χ1n) is 10.0. The zero-order valence-corrected chi connectivity index (χ0v) is 16.2. The molecule has 0 aromatic heterocycles. The number of hydrogen-bond donors (Lipinski definition) is 0. The zero-order valence-electron chi connectivity index (χ0n) is 16.2. The summed E-state index contributed by atoms with van der Waals surface area (Å²) < 4.78 is 11.8. The highest BCUT2D eigenvalue weighted by atomic mass is 16.5. The molecule has 0 spiro atoms. The van der Waals surface area contributed by atoms with Gasteiger partial charge in [-0.15, -0.1) is 0 Å². The van der Waals surface area contributed by atoms with Crippen LogP contribution in [0.3, 0.4) is 0 Å². The molecule has 1 heterocycles. The molecule has 2 heteroatoms. The molecule has 0 saturated carbocycles. The van der Waals surface area contributed by atoms with Crippen molar-refractivity contribution in [2.24, 2.45) is 0 Å². The van der Waals surface area contributed by atoms with Gasteiger partial charge in [0.05, 0.1) is 7.11 Å². The predicted molar refractivity (Wildman–Crippen MR) is 118 cm³/mol. The number of ether oxygens (including phenoxy) is 2. The van der Waals surface area contributed by atoms with E-state index in [1.165, 1.54) is 33.0 Å². The van der Waals surface area contributed by atoms with Crippen molar-refractivity contribution in [3.8, 4) is 17.2 Å². The van der Waals surface area contributed by atoms with Gasteiger partial charge in [0.25, 0.3) is 0 Å². The van der Waals surface area contributed by atoms with Gasteiger partial charge >= 0.3 is 0 Å². The second-order valence-corrected chi connectivity index (χ2v) is 7.63. The van der Waals surface area contributed by atoms with Crippen molar-refractivity contribution in [3.63, 3.8) is 0 Å². The second kappa shape index (κ2) is 6.25. The molecular weight excluding hydrogens is 356 g/mol. The third kappa shape index (κ3) is 2.42. The fourth-order valence-electron chi connectivity index (χ4n) is 4.79. The summed E-state index contributed by atoms with van der Waals surface area (Å²) in [5, 5.41) is 2.62. The summed E-state index contributed by atoms with van der Waals surface area (Å²) in [7, 11) is 1.71. The van der Waals surface area contributed by atoms with Crippen LogP contribution in [0, 0.1) is 0 Å². The lowest BCUT2D eigenvalue weighted by Gasteiger charge is -2.25. The van der Waals surface area contributed by atoms with Crippen molar-refractivity contribution in [1.29, 1.82) is 0 Å². The largest absolute Gasteiger partial charge is 0.497 e. The summed E-state index contributed by atoms with van der Waals surface area (Å²) in [6, 6.07) is 27.7. The van der Waals surface area contributed by atoms with Crippen LogP contribution in [0.2, 0.25) is 0 Å². The fourth-order valence-corrected chi connectivity index (χ4v) is 4.79. The first kappa shape index (κ1) is 16.4. The molecule has 0 radical (unpaired) electrons. The molecule has 0 amide bonds. The van der Waals surface area contributed by atoms with E-state index in [0.717, 1.165) is 41.2 Å². The number of para-hydroxylation sites is 1. The summed E-state index contributed by atoms with van der Waals surface area (Å²) in [5.74, 6) is 2.66. The maximum absolute atomic E-state index is 6.25. The maximum atomic E-state index is 6.25. The van der Waals surface area contributed by atoms with Crippen molar-refractivity contribution in [2.75, 3.05) is 7.11 Å². The molecule has 0 saturated heterocycles. The molecular formula is C27H20O2. The highest BCUT2D eigenvalue weighted by molar-refractivity contribution is 6.09. The Bertz CT molecular complexity index is 1310. The second-order valence-electron chi connectivity index (χ2n) is 7.63. The van der Waals surface area contributed by atoms with E-state index >= 15 is 0 Å². The molecule has 0 N–H and O–H groups in total. The standard InChI is InChI=1S/C27H20O2/c1-28-19-13-15-25-23(16-19)27(21-8-4-5-9-24(21)29-25)22-14-12-18-11-10-17-6-2-3-7-20(17)26(18)22/h2-11,13,15-16H,12,14H2,1H3/b27-22+. The maximum Gasteiger partial charge on any atom is 0.135 e. The Morgan fingerprint density at radius 3 is 2.52 bits per heavy atom. The molecule has 2 aliphatic rings. The van der Waals surface area contributed by atoms with Gasteiger partial charge in [0.1, 0.15) is 17.2 Å². The van der Waals surface area contributed by atoms with E-state index in [9.17, 15) is 0 Å². The molecule has 6 rings (SSSR count). The zero-order chi connectivity index (χ0) is 19.4. The van der Waals surface area contributed by atoms with E-state index in [4.69, 9.17) is 9.47 Å². The average Bonchev–Trinajstić information content (AvgIpc) is 3.21. The normalized spacial score (nSPS) is 16.7. The van der Waals surface area contributed by atoms with Crippen LogP contribution in [-0.2, 0) is 6.42 Å². The van der Waals surface area contributed by atoms with Crippen LogP contribution in [0.1, 0.15) is 28.7 Å². The van der Waals surface area contributed by atoms with E-state index in [2.05, 4.69) is 60.7 Å². The lowest BCUT2D eigenvalue weighted by molar-refractivity contribution is 0.412. The smallest absolute Gasteiger partial charge is 0.135 e. The Kier molecular flexibility index (Phi) is 3.54. The minimum absolute atomic E-state index is 0.848. The SMILES string of the molecule is COc1ccc2c(c1)/C(=C1\CCc3ccc4ccccc4c31)c1ccccc1O2. The van der Waals surface area contributed by atoms with Gasteiger partial charge in [0.2, 0.25) is 0 Å². The Balaban J connectivity index is 1.73. The lowest BCUT2D eigenvalue weighted by atomic mass is 9.86. The van der Waals surface area contributed by atoms with Gasteiger partial charge in [-0.2, -0.15) is 0 Å². The summed E-state index contributed by atoms with van der Waals surface area (Å²) in [4.78, 5) is 0. The molecule has 140 valence electrons. The fraction of sp³-hybridized carbons (Fsp3) is 0.111. The molecule has 0 fully saturated rings. The molecule has 4 aromatic carbocycles. The Hall–Kier alpha value is -3.52. The molecule has 1 aliphatic heterocycles. The van der Waals surface area contributed by atoms with E-state index in [1.807, 2.05) is 18.2 Å². The van der Waals surface area contributed by atoms with Crippen LogP contribution in [-0.4, -0.2) is 7.11 Å². The minimum Gasteiger partial charge on any atom is -0.497 e. The Morgan fingerprint density at radius 2 is 1.59 bits per heavy atom. The number of rotatable bonds is 1. The summed E-state index contributed by atoms with van der Waals surface area (Å²) >= 11 is 0. The topological polar surface area (TPSA) is 18.5 Å². The van der Waals surface area contributed by atoms with Crippen LogP contribution in [0.5, 0.6) is 17.2 Å². The van der Waals surface area contributed by atoms with Gasteiger partial charge in [-0.05, 0) is 64.6 Å². The number of aryl methyl sites for hydroxylation is 1. The first-order valence-corrected chi connectivity index (χ1v) is 10.0. The Morgan fingerprint density at radius 1 is 0.759 bits per heavy atom. The highest BCUT2D eigenvalue weighted by Crippen LogP contribution is 2.51. The van der Waals surface area contributed by atoms with Crippen molar-refractivity contribution in [1.82, 2.24) is 0 Å². The van der Waals surface area contributed by atoms with E-state index in [0.29, 0.717) is 0 Å². The molecule has 4 aromatic rings. The van der Waals surface area contributed by atoms with E-state index in [-0.39, 0.29) is 0 Å². The van der Waals surface area contributed by atoms with Crippen LogP contribution in [0.25, 0.3) is 21.9 Å². The predicted octanol–water partition coefficient (Wildman–Crippen LogP) is 6.86. The third-order valence-corrected chi connectivity index (χ3v) is 6.10. The molecule has 0 unspecified atom stereocenters. The van der Waals surface area contributed by atoms with Crippen LogP contribution < -0.4 is 9.47 Å². The third-order valence-electron chi connectivity index (χ3n) is 6.10. The van der Waals surface area contributed by atoms with Gasteiger partial charge in [0, 0.05) is 16.7 Å². The highest BCUT2D eigenvalue weighted by Gasteiger charge is 2.29. The van der Waals surface area contributed by atoms with Crippen LogP contribution in [0.15, 0.2) is 78.9 Å². The number of benzene rings is 4. The molecule has 1 aliphatic carbocycles. The monoisotopic (exact) mass is 376 g/mol. The van der Waals surface area contributed by atoms with Crippen LogP contribution in [0.4, 0.5) is 0 Å². The first-order chi connectivity index (χ1) is 14.3. The number of methoxy groups -OCH3 is 1. The summed E-state index contributed by atoms with van der Waals surface area (Å²) in [6.45, 7) is 0. The lowest BCUT2D eigenvalue weighted by Crippen LogP contribution is -2.04. The van der Waals surface area contributed by atoms with Gasteiger partial charge < -0.3 is 9.47 Å². The van der Waals surface area contributed by atoms with Gasteiger partial charge in [-0.25, -0.2) is 0 Å². The summed E-state index contributed by atoms with van der Waals surface area (Å²) in [6.07, 6.45) is 2.10. The number of fused-ring (bicyclic) bond motifs is 5. The molecule has 29 heavy (non-hydrogen) atoms. The average molecular weight is 376 g/mol. The van der Waals surface area contributed by atoms with E-state index < -0.39 is 0 Å². The molecule has 0 atom stereocenters. The van der Waals surface area contributed by atoms with Crippen LogP contribution >= 0.6 is 0 Å². The molecule has 0 bridgehead atoms. The number of hydrogen-bond acceptors (Lipinski definition) is 2. The Labute approximate surface area is 170 Å². The van der Waals surface area contributed by atoms with Crippen molar-refractivity contribution in [3.05, 3.63) is 101 Å². The summed E-state index contributed by atoms with van der Waals surface area (Å²) in [5.41, 5.74) is 7.77. The molecule has 2 nitrogen and oxygen atoms in total. The van der Waals surface area contributed by atoms with Gasteiger partial charge in [-0.1, -0.05) is 54.6 Å². The van der Waals surface area contributed by atoms with Crippen molar-refractivity contribution < 1.29 is 9.47 Å². The quantitative estimate of drug-likeness (QED) is 0.318. The van der Waals surface area contributed by atoms with Crippen molar-refractivity contribution in [2.45, 2.75) is 12.8 Å².